The molecule has 0 aliphatic heterocycles. The van der Waals surface area contributed by atoms with Crippen LogP contribution in [0.4, 0.5) is 0 Å². The van der Waals surface area contributed by atoms with Gasteiger partial charge in [0.15, 0.2) is 0 Å². The van der Waals surface area contributed by atoms with E-state index in [1.807, 2.05) is 26.0 Å². The average Bonchev–Trinajstić information content (AvgIpc) is 2.52. The topological polar surface area (TPSA) is 38.7 Å². The van der Waals surface area contributed by atoms with Crippen molar-refractivity contribution in [2.75, 3.05) is 20.8 Å². The maximum Gasteiger partial charge on any atom is 0.122 e. The first-order valence-electron chi connectivity index (χ1n) is 7.65. The number of benzene rings is 1. The van der Waals surface area contributed by atoms with E-state index in [0.717, 1.165) is 47.5 Å². The van der Waals surface area contributed by atoms with Crippen LogP contribution < -0.4 is 9.47 Å². The molecule has 122 valence electrons. The molecule has 1 aromatic carbocycles. The Bertz CT molecular complexity index is 542. The molecule has 1 N–H and O–H groups in total. The first kappa shape index (κ1) is 18.3. The predicted molar refractivity (Wildman–Crippen MR) is 91.8 cm³/mol. The average molecular weight is 304 g/mol. The molecule has 3 nitrogen and oxygen atoms in total. The Morgan fingerprint density at radius 1 is 1.05 bits per heavy atom. The van der Waals surface area contributed by atoms with Gasteiger partial charge >= 0.3 is 0 Å². The van der Waals surface area contributed by atoms with Crippen molar-refractivity contribution in [2.45, 2.75) is 40.0 Å². The zero-order valence-electron chi connectivity index (χ0n) is 14.4. The molecule has 0 unspecified atom stereocenters. The minimum Gasteiger partial charge on any atom is -0.496 e. The highest BCUT2D eigenvalue weighted by atomic mass is 16.5. The Morgan fingerprint density at radius 3 is 2.32 bits per heavy atom. The van der Waals surface area contributed by atoms with E-state index in [9.17, 15) is 0 Å². The van der Waals surface area contributed by atoms with Crippen molar-refractivity contribution in [3.05, 3.63) is 46.6 Å². The molecular formula is C19H28O3. The normalized spacial score (nSPS) is 12.5. The van der Waals surface area contributed by atoms with Crippen molar-refractivity contribution in [3.63, 3.8) is 0 Å². The third-order valence-electron chi connectivity index (χ3n) is 3.75. The number of hydrogen-bond acceptors (Lipinski definition) is 3. The van der Waals surface area contributed by atoms with Gasteiger partial charge in [0, 0.05) is 5.56 Å². The van der Waals surface area contributed by atoms with Crippen molar-refractivity contribution in [1.29, 1.82) is 0 Å². The second-order valence-corrected chi connectivity index (χ2v) is 5.64. The summed E-state index contributed by atoms with van der Waals surface area (Å²) in [6.45, 7) is 6.24. The van der Waals surface area contributed by atoms with Gasteiger partial charge in [-0.1, -0.05) is 23.3 Å². The monoisotopic (exact) mass is 304 g/mol. The van der Waals surface area contributed by atoms with Gasteiger partial charge in [0.05, 0.1) is 20.8 Å². The fraction of sp³-hybridized carbons (Fsp3) is 0.474. The number of ether oxygens (including phenoxy) is 2. The van der Waals surface area contributed by atoms with Crippen molar-refractivity contribution >= 4 is 0 Å². The molecule has 0 bridgehead atoms. The summed E-state index contributed by atoms with van der Waals surface area (Å²) in [4.78, 5) is 0. The van der Waals surface area contributed by atoms with Crippen LogP contribution in [0.3, 0.4) is 0 Å². The van der Waals surface area contributed by atoms with Gasteiger partial charge < -0.3 is 14.6 Å². The summed E-state index contributed by atoms with van der Waals surface area (Å²) in [5.74, 6) is 1.79. The van der Waals surface area contributed by atoms with Gasteiger partial charge in [-0.05, 0) is 57.7 Å². The van der Waals surface area contributed by atoms with Crippen LogP contribution in [0.5, 0.6) is 11.5 Å². The Kier molecular flexibility index (Phi) is 7.75. The third-order valence-corrected chi connectivity index (χ3v) is 3.75. The molecule has 0 saturated heterocycles. The molecule has 0 amide bonds. The molecule has 1 rings (SSSR count). The highest BCUT2D eigenvalue weighted by Crippen LogP contribution is 2.29. The lowest BCUT2D eigenvalue weighted by Crippen LogP contribution is -1.96. The molecule has 1 aromatic rings. The second-order valence-electron chi connectivity index (χ2n) is 5.64. The van der Waals surface area contributed by atoms with Crippen LogP contribution in [0.25, 0.3) is 0 Å². The maximum atomic E-state index is 8.97. The van der Waals surface area contributed by atoms with E-state index in [1.165, 1.54) is 5.57 Å². The first-order valence-corrected chi connectivity index (χ1v) is 7.65. The molecule has 22 heavy (non-hydrogen) atoms. The molecule has 0 heterocycles. The van der Waals surface area contributed by atoms with Crippen molar-refractivity contribution in [2.24, 2.45) is 0 Å². The molecule has 0 fully saturated rings. The fourth-order valence-corrected chi connectivity index (χ4v) is 2.27. The summed E-state index contributed by atoms with van der Waals surface area (Å²) in [5.41, 5.74) is 4.57. The van der Waals surface area contributed by atoms with Crippen LogP contribution in [0.15, 0.2) is 35.4 Å². The molecule has 0 aliphatic rings. The van der Waals surface area contributed by atoms with Gasteiger partial charge in [-0.2, -0.15) is 0 Å². The van der Waals surface area contributed by atoms with E-state index in [2.05, 4.69) is 19.1 Å². The first-order chi connectivity index (χ1) is 10.5. The van der Waals surface area contributed by atoms with Crippen molar-refractivity contribution < 1.29 is 14.6 Å². The van der Waals surface area contributed by atoms with Crippen LogP contribution in [-0.2, 0) is 6.42 Å². The summed E-state index contributed by atoms with van der Waals surface area (Å²) in [7, 11) is 3.39. The lowest BCUT2D eigenvalue weighted by molar-refractivity contribution is 0.331. The molecule has 0 saturated carbocycles. The van der Waals surface area contributed by atoms with Crippen molar-refractivity contribution in [1.82, 2.24) is 0 Å². The third kappa shape index (κ3) is 5.57. The van der Waals surface area contributed by atoms with Gasteiger partial charge in [0.1, 0.15) is 11.5 Å². The number of hydrogen-bond donors (Lipinski definition) is 1. The van der Waals surface area contributed by atoms with Gasteiger partial charge in [-0.3, -0.25) is 0 Å². The highest BCUT2D eigenvalue weighted by molar-refractivity contribution is 5.46. The van der Waals surface area contributed by atoms with E-state index < -0.39 is 0 Å². The quantitative estimate of drug-likeness (QED) is 0.731. The van der Waals surface area contributed by atoms with Gasteiger partial charge in [-0.25, -0.2) is 0 Å². The van der Waals surface area contributed by atoms with Gasteiger partial charge in [-0.15, -0.1) is 0 Å². The summed E-state index contributed by atoms with van der Waals surface area (Å²) >= 11 is 0. The number of aliphatic hydroxyl groups is 1. The highest BCUT2D eigenvalue weighted by Gasteiger charge is 2.07. The number of rotatable bonds is 8. The minimum absolute atomic E-state index is 0.142. The van der Waals surface area contributed by atoms with Crippen LogP contribution >= 0.6 is 0 Å². The van der Waals surface area contributed by atoms with E-state index in [-0.39, 0.29) is 6.61 Å². The zero-order chi connectivity index (χ0) is 16.5. The number of aliphatic hydroxyl groups excluding tert-OH is 1. The molecule has 0 aromatic heterocycles. The van der Waals surface area contributed by atoms with Gasteiger partial charge in [0.2, 0.25) is 0 Å². The van der Waals surface area contributed by atoms with E-state index in [1.54, 1.807) is 14.2 Å². The largest absolute Gasteiger partial charge is 0.496 e. The molecule has 0 aliphatic carbocycles. The summed E-state index contributed by atoms with van der Waals surface area (Å²) in [5, 5.41) is 8.97. The number of aryl methyl sites for hydroxylation is 1. The predicted octanol–water partition coefficient (Wildman–Crippen LogP) is 4.22. The SMILES string of the molecule is COc1cc(C/C=C(\C)CC/C=C(\C)CO)c(OC)cc1C. The van der Waals surface area contributed by atoms with Crippen molar-refractivity contribution in [3.8, 4) is 11.5 Å². The Balaban J connectivity index is 2.75. The van der Waals surface area contributed by atoms with Crippen LogP contribution in [0.2, 0.25) is 0 Å². The van der Waals surface area contributed by atoms with E-state index in [0.29, 0.717) is 0 Å². The molecular weight excluding hydrogens is 276 g/mol. The fourth-order valence-electron chi connectivity index (χ4n) is 2.27. The smallest absolute Gasteiger partial charge is 0.122 e. The maximum absolute atomic E-state index is 8.97. The number of allylic oxidation sites excluding steroid dienone is 3. The number of methoxy groups -OCH3 is 2. The lowest BCUT2D eigenvalue weighted by Gasteiger charge is -2.12. The lowest BCUT2D eigenvalue weighted by atomic mass is 10.0. The zero-order valence-corrected chi connectivity index (χ0v) is 14.4. The molecule has 0 radical (unpaired) electrons. The Labute approximate surface area is 134 Å². The van der Waals surface area contributed by atoms with Crippen LogP contribution in [0, 0.1) is 6.92 Å². The Hall–Kier alpha value is -1.74. The molecule has 0 atom stereocenters. The molecule has 0 spiro atoms. The molecule has 3 heteroatoms. The summed E-state index contributed by atoms with van der Waals surface area (Å²) < 4.78 is 10.9. The van der Waals surface area contributed by atoms with Gasteiger partial charge in [0.25, 0.3) is 0 Å². The van der Waals surface area contributed by atoms with E-state index in [4.69, 9.17) is 14.6 Å². The minimum atomic E-state index is 0.142. The van der Waals surface area contributed by atoms with E-state index >= 15 is 0 Å². The standard InChI is InChI=1S/C19H28O3/c1-14(7-6-8-15(2)13-20)9-10-17-12-18(21-4)16(3)11-19(17)22-5/h8-9,11-12,20H,6-7,10,13H2,1-5H3/b14-9+,15-8+. The van der Waals surface area contributed by atoms with Crippen LogP contribution in [-0.4, -0.2) is 25.9 Å². The second kappa shape index (κ2) is 9.31. The van der Waals surface area contributed by atoms with Crippen LogP contribution in [0.1, 0.15) is 37.8 Å². The summed E-state index contributed by atoms with van der Waals surface area (Å²) in [6, 6.07) is 4.07. The summed E-state index contributed by atoms with van der Waals surface area (Å²) in [6.07, 6.45) is 7.11. The Morgan fingerprint density at radius 2 is 1.73 bits per heavy atom.